The van der Waals surface area contributed by atoms with E-state index >= 15 is 0 Å². The monoisotopic (exact) mass is 388 g/mol. The molecule has 0 aliphatic heterocycles. The number of hydrogen-bond acceptors (Lipinski definition) is 3. The van der Waals surface area contributed by atoms with Crippen molar-refractivity contribution in [2.24, 2.45) is 0 Å². The second kappa shape index (κ2) is 9.22. The molecule has 4 heteroatoms. The van der Waals surface area contributed by atoms with Gasteiger partial charge in [-0.1, -0.05) is 49.4 Å². The van der Waals surface area contributed by atoms with E-state index in [2.05, 4.69) is 19.1 Å². The molecule has 0 fully saturated rings. The van der Waals surface area contributed by atoms with Gasteiger partial charge in [0.05, 0.1) is 13.7 Å². The molecular weight excluding hydrogens is 364 g/mol. The highest BCUT2D eigenvalue weighted by Gasteiger charge is 2.11. The summed E-state index contributed by atoms with van der Waals surface area (Å²) in [6.07, 6.45) is 3.61. The number of aryl methyl sites for hydroxylation is 1. The second-order valence-corrected chi connectivity index (χ2v) is 6.71. The van der Waals surface area contributed by atoms with Crippen molar-refractivity contribution >= 4 is 12.0 Å². The van der Waals surface area contributed by atoms with Crippen LogP contribution in [0.4, 0.5) is 0 Å². The van der Waals surface area contributed by atoms with E-state index in [0.717, 1.165) is 45.9 Å². The highest BCUT2D eigenvalue weighted by Crippen LogP contribution is 2.33. The maximum atomic E-state index is 11.0. The first-order valence-electron chi connectivity index (χ1n) is 9.48. The first-order valence-corrected chi connectivity index (χ1v) is 9.48. The number of aliphatic hydroxyl groups excluding tert-OH is 1. The summed E-state index contributed by atoms with van der Waals surface area (Å²) in [6.45, 7) is 2.03. The van der Waals surface area contributed by atoms with Crippen LogP contribution in [-0.4, -0.2) is 23.3 Å². The van der Waals surface area contributed by atoms with Crippen molar-refractivity contribution in [2.45, 2.75) is 20.0 Å². The molecule has 3 rings (SSSR count). The number of methoxy groups -OCH3 is 1. The minimum absolute atomic E-state index is 0.0873. The van der Waals surface area contributed by atoms with Crippen molar-refractivity contribution in [1.29, 1.82) is 0 Å². The van der Waals surface area contributed by atoms with Crippen LogP contribution >= 0.6 is 0 Å². The summed E-state index contributed by atoms with van der Waals surface area (Å²) in [5.74, 6) is -0.366. The molecule has 0 saturated carbocycles. The largest absolute Gasteiger partial charge is 0.497 e. The zero-order chi connectivity index (χ0) is 20.8. The van der Waals surface area contributed by atoms with E-state index in [9.17, 15) is 9.90 Å². The summed E-state index contributed by atoms with van der Waals surface area (Å²) < 4.78 is 5.27. The molecule has 0 atom stereocenters. The van der Waals surface area contributed by atoms with Gasteiger partial charge in [-0.2, -0.15) is 0 Å². The third-order valence-corrected chi connectivity index (χ3v) is 4.90. The van der Waals surface area contributed by atoms with Gasteiger partial charge in [0.1, 0.15) is 5.75 Å². The van der Waals surface area contributed by atoms with Crippen LogP contribution in [0.15, 0.2) is 66.7 Å². The molecule has 4 nitrogen and oxygen atoms in total. The summed E-state index contributed by atoms with van der Waals surface area (Å²) in [6, 6.07) is 19.8. The average Bonchev–Trinajstić information content (AvgIpc) is 2.77. The minimum Gasteiger partial charge on any atom is -0.497 e. The Morgan fingerprint density at radius 1 is 1.00 bits per heavy atom. The Hall–Kier alpha value is -3.37. The Labute approximate surface area is 170 Å². The summed E-state index contributed by atoms with van der Waals surface area (Å²) in [4.78, 5) is 11.0. The van der Waals surface area contributed by atoms with Crippen molar-refractivity contribution in [3.63, 3.8) is 0 Å². The van der Waals surface area contributed by atoms with Crippen LogP contribution in [0.2, 0.25) is 0 Å². The number of hydrogen-bond donors (Lipinski definition) is 2. The maximum Gasteiger partial charge on any atom is 0.328 e. The number of ether oxygens (including phenoxy) is 1. The average molecular weight is 388 g/mol. The third-order valence-electron chi connectivity index (χ3n) is 4.90. The Balaban J connectivity index is 2.09. The molecule has 29 heavy (non-hydrogen) atoms. The first kappa shape index (κ1) is 20.4. The van der Waals surface area contributed by atoms with Crippen LogP contribution in [0.5, 0.6) is 5.75 Å². The molecule has 3 aromatic carbocycles. The molecule has 0 spiro atoms. The molecular formula is C25H24O4. The number of carboxylic acids is 1. The van der Waals surface area contributed by atoms with E-state index in [-0.39, 0.29) is 6.61 Å². The minimum atomic E-state index is -1.01. The van der Waals surface area contributed by atoms with Gasteiger partial charge in [0, 0.05) is 6.08 Å². The topological polar surface area (TPSA) is 66.8 Å². The Morgan fingerprint density at radius 2 is 1.76 bits per heavy atom. The van der Waals surface area contributed by atoms with Crippen molar-refractivity contribution in [2.75, 3.05) is 7.11 Å². The fourth-order valence-corrected chi connectivity index (χ4v) is 3.36. The van der Waals surface area contributed by atoms with Gasteiger partial charge < -0.3 is 14.9 Å². The normalized spacial score (nSPS) is 11.0. The number of rotatable bonds is 7. The van der Waals surface area contributed by atoms with Gasteiger partial charge in [0.15, 0.2) is 0 Å². The van der Waals surface area contributed by atoms with Crippen molar-refractivity contribution in [3.8, 4) is 28.0 Å². The summed E-state index contributed by atoms with van der Waals surface area (Å²) in [7, 11) is 1.57. The lowest BCUT2D eigenvalue weighted by atomic mass is 9.92. The molecule has 3 aromatic rings. The van der Waals surface area contributed by atoms with Crippen molar-refractivity contribution < 1.29 is 19.7 Å². The standard InChI is InChI=1S/C25H24O4/c1-3-17-5-4-6-18(13-17)24-10-7-19(14-21(24)16-26)23-11-9-22(29-2)15-20(23)8-12-25(27)28/h4-15,26H,3,16H2,1-2H3,(H,27,28)/b12-8+. The van der Waals surface area contributed by atoms with Gasteiger partial charge in [-0.3, -0.25) is 0 Å². The lowest BCUT2D eigenvalue weighted by Gasteiger charge is -2.14. The van der Waals surface area contributed by atoms with Crippen LogP contribution in [0.3, 0.4) is 0 Å². The summed E-state index contributed by atoms with van der Waals surface area (Å²) in [5, 5.41) is 19.0. The van der Waals surface area contributed by atoms with E-state index in [4.69, 9.17) is 9.84 Å². The smallest absolute Gasteiger partial charge is 0.328 e. The molecule has 148 valence electrons. The number of benzene rings is 3. The lowest BCUT2D eigenvalue weighted by Crippen LogP contribution is -1.94. The SMILES string of the molecule is CCc1cccc(-c2ccc(-c3ccc(OC)cc3/C=C/C(=O)O)cc2CO)c1. The lowest BCUT2D eigenvalue weighted by molar-refractivity contribution is -0.131. The van der Waals surface area contributed by atoms with Crippen LogP contribution in [0, 0.1) is 0 Å². The second-order valence-electron chi connectivity index (χ2n) is 6.71. The van der Waals surface area contributed by atoms with Crippen LogP contribution < -0.4 is 4.74 Å². The fraction of sp³-hybridized carbons (Fsp3) is 0.160. The van der Waals surface area contributed by atoms with E-state index in [0.29, 0.717) is 5.75 Å². The first-order chi connectivity index (χ1) is 14.0. The number of aliphatic carboxylic acids is 1. The van der Waals surface area contributed by atoms with Gasteiger partial charge in [0.2, 0.25) is 0 Å². The molecule has 0 aliphatic rings. The zero-order valence-corrected chi connectivity index (χ0v) is 16.6. The van der Waals surface area contributed by atoms with Crippen LogP contribution in [-0.2, 0) is 17.8 Å². The fourth-order valence-electron chi connectivity index (χ4n) is 3.36. The van der Waals surface area contributed by atoms with E-state index in [1.807, 2.05) is 42.5 Å². The van der Waals surface area contributed by atoms with Crippen molar-refractivity contribution in [3.05, 3.63) is 83.4 Å². The molecule has 2 N–H and O–H groups in total. The van der Waals surface area contributed by atoms with Gasteiger partial charge >= 0.3 is 5.97 Å². The molecule has 0 radical (unpaired) electrons. The predicted octanol–water partition coefficient (Wildman–Crippen LogP) is 5.18. The molecule has 0 amide bonds. The van der Waals surface area contributed by atoms with Crippen LogP contribution in [0.1, 0.15) is 23.6 Å². The third kappa shape index (κ3) is 4.73. The van der Waals surface area contributed by atoms with E-state index in [1.165, 1.54) is 5.56 Å². The molecule has 0 aromatic heterocycles. The highest BCUT2D eigenvalue weighted by molar-refractivity contribution is 5.88. The zero-order valence-electron chi connectivity index (χ0n) is 16.6. The van der Waals surface area contributed by atoms with Gasteiger partial charge in [0.25, 0.3) is 0 Å². The van der Waals surface area contributed by atoms with Gasteiger partial charge in [-0.25, -0.2) is 4.79 Å². The number of aliphatic hydroxyl groups is 1. The van der Waals surface area contributed by atoms with Crippen LogP contribution in [0.25, 0.3) is 28.3 Å². The Bertz CT molecular complexity index is 1050. The molecule has 0 heterocycles. The maximum absolute atomic E-state index is 11.0. The Kier molecular flexibility index (Phi) is 6.47. The molecule has 0 aliphatic carbocycles. The highest BCUT2D eigenvalue weighted by atomic mass is 16.5. The summed E-state index contributed by atoms with van der Waals surface area (Å²) in [5.41, 5.74) is 6.62. The number of carboxylic acid groups (broad SMARTS) is 1. The van der Waals surface area contributed by atoms with E-state index < -0.39 is 5.97 Å². The molecule has 0 bridgehead atoms. The quantitative estimate of drug-likeness (QED) is 0.547. The molecule has 0 saturated heterocycles. The predicted molar refractivity (Wildman–Crippen MR) is 116 cm³/mol. The van der Waals surface area contributed by atoms with Gasteiger partial charge in [-0.05, 0) is 69.6 Å². The Morgan fingerprint density at radius 3 is 2.45 bits per heavy atom. The van der Waals surface area contributed by atoms with Crippen molar-refractivity contribution in [1.82, 2.24) is 0 Å². The summed E-state index contributed by atoms with van der Waals surface area (Å²) >= 11 is 0. The molecule has 0 unspecified atom stereocenters. The van der Waals surface area contributed by atoms with Gasteiger partial charge in [-0.15, -0.1) is 0 Å². The van der Waals surface area contributed by atoms with E-state index in [1.54, 1.807) is 19.3 Å². The number of carbonyl (C=O) groups is 1.